The summed E-state index contributed by atoms with van der Waals surface area (Å²) in [5, 5.41) is 10.3. The molecule has 6 heteroatoms. The number of anilines is 1. The molecule has 2 fully saturated rings. The van der Waals surface area contributed by atoms with E-state index in [9.17, 15) is 14.7 Å². The molecule has 1 aliphatic heterocycles. The molecule has 0 spiro atoms. The molecule has 1 aromatic heterocycles. The lowest BCUT2D eigenvalue weighted by Gasteiger charge is -2.43. The fourth-order valence-electron chi connectivity index (χ4n) is 4.28. The summed E-state index contributed by atoms with van der Waals surface area (Å²) in [6.07, 6.45) is 5.94. The third kappa shape index (κ3) is 5.02. The van der Waals surface area contributed by atoms with E-state index in [1.165, 1.54) is 37.7 Å². The third-order valence-electron chi connectivity index (χ3n) is 5.69. The number of aliphatic hydroxyl groups is 1. The second kappa shape index (κ2) is 8.89. The van der Waals surface area contributed by atoms with Crippen LogP contribution in [0.2, 0.25) is 0 Å². The Morgan fingerprint density at radius 1 is 1.21 bits per heavy atom. The van der Waals surface area contributed by atoms with Gasteiger partial charge in [-0.05, 0) is 58.4 Å². The lowest BCUT2D eigenvalue weighted by Crippen LogP contribution is -2.54. The van der Waals surface area contributed by atoms with Crippen LogP contribution in [0.4, 0.5) is 5.69 Å². The molecule has 29 heavy (non-hydrogen) atoms. The molecule has 0 radical (unpaired) electrons. The number of piperidine rings is 1. The van der Waals surface area contributed by atoms with Crippen molar-refractivity contribution in [3.05, 3.63) is 15.8 Å². The van der Waals surface area contributed by atoms with Crippen molar-refractivity contribution in [1.82, 2.24) is 0 Å². The van der Waals surface area contributed by atoms with E-state index < -0.39 is 12.1 Å². The van der Waals surface area contributed by atoms with Gasteiger partial charge in [-0.25, -0.2) is 4.79 Å². The highest BCUT2D eigenvalue weighted by Crippen LogP contribution is 2.40. The van der Waals surface area contributed by atoms with Crippen molar-refractivity contribution in [2.45, 2.75) is 77.9 Å². The predicted octanol–water partition coefficient (Wildman–Crippen LogP) is 4.37. The van der Waals surface area contributed by atoms with Gasteiger partial charge in [-0.15, -0.1) is 11.3 Å². The number of ether oxygens (including phenoxy) is 1. The summed E-state index contributed by atoms with van der Waals surface area (Å²) in [6, 6.07) is 1.83. The van der Waals surface area contributed by atoms with Crippen molar-refractivity contribution in [2.24, 2.45) is 11.3 Å². The van der Waals surface area contributed by atoms with Gasteiger partial charge in [0.1, 0.15) is 11.0 Å². The van der Waals surface area contributed by atoms with Crippen LogP contribution >= 0.6 is 11.3 Å². The zero-order valence-corrected chi connectivity index (χ0v) is 18.6. The van der Waals surface area contributed by atoms with Crippen molar-refractivity contribution >= 4 is 28.9 Å². The van der Waals surface area contributed by atoms with Crippen LogP contribution in [-0.4, -0.2) is 36.2 Å². The molecular weight excluding hydrogens is 386 g/mol. The number of hydrogen-bond donors (Lipinski definition) is 1. The molecule has 1 saturated heterocycles. The maximum atomic E-state index is 13.1. The number of carbonyl (C=O) groups is 2. The first-order valence-corrected chi connectivity index (χ1v) is 11.3. The smallest absolute Gasteiger partial charge is 0.350 e. The highest BCUT2D eigenvalue weighted by molar-refractivity contribution is 7.15. The number of nitrogens with zero attached hydrogens (tertiary/aromatic N) is 1. The van der Waals surface area contributed by atoms with E-state index in [0.29, 0.717) is 22.9 Å². The Balaban J connectivity index is 2.05. The van der Waals surface area contributed by atoms with Crippen LogP contribution in [-0.2, 0) is 9.53 Å². The molecule has 3 rings (SSSR count). The number of carbonyl (C=O) groups excluding carboxylic acids is 2. The normalized spacial score (nSPS) is 23.5. The second-order valence-electron chi connectivity index (χ2n) is 9.08. The molecular formula is C23H31NO4S. The number of hydrogen-bond acceptors (Lipinski definition) is 5. The topological polar surface area (TPSA) is 66.8 Å². The fourth-order valence-corrected chi connectivity index (χ4v) is 5.20. The van der Waals surface area contributed by atoms with Gasteiger partial charge in [0.2, 0.25) is 0 Å². The van der Waals surface area contributed by atoms with Crippen molar-refractivity contribution in [3.63, 3.8) is 0 Å². The Kier molecular flexibility index (Phi) is 6.70. The first-order valence-electron chi connectivity index (χ1n) is 10.5. The van der Waals surface area contributed by atoms with E-state index >= 15 is 0 Å². The van der Waals surface area contributed by atoms with E-state index in [2.05, 4.69) is 11.8 Å². The van der Waals surface area contributed by atoms with Crippen LogP contribution in [0.5, 0.6) is 0 Å². The van der Waals surface area contributed by atoms with E-state index in [4.69, 9.17) is 4.74 Å². The molecule has 1 N–H and O–H groups in total. The first kappa shape index (κ1) is 21.9. The van der Waals surface area contributed by atoms with Gasteiger partial charge in [-0.1, -0.05) is 31.1 Å². The van der Waals surface area contributed by atoms with Crippen LogP contribution < -0.4 is 4.90 Å². The number of rotatable bonds is 3. The van der Waals surface area contributed by atoms with Gasteiger partial charge in [0, 0.05) is 11.5 Å². The number of esters is 1. The molecule has 2 heterocycles. The molecule has 0 aromatic carbocycles. The lowest BCUT2D eigenvalue weighted by molar-refractivity contribution is -0.129. The van der Waals surface area contributed by atoms with Crippen LogP contribution in [0.3, 0.4) is 0 Å². The van der Waals surface area contributed by atoms with Gasteiger partial charge >= 0.3 is 5.97 Å². The highest BCUT2D eigenvalue weighted by Gasteiger charge is 2.41. The van der Waals surface area contributed by atoms with E-state index in [-0.39, 0.29) is 17.4 Å². The molecule has 0 bridgehead atoms. The van der Waals surface area contributed by atoms with E-state index in [1.54, 1.807) is 4.90 Å². The van der Waals surface area contributed by atoms with Crippen LogP contribution in [0.25, 0.3) is 0 Å². The highest BCUT2D eigenvalue weighted by atomic mass is 32.1. The molecule has 1 aromatic rings. The molecule has 2 unspecified atom stereocenters. The summed E-state index contributed by atoms with van der Waals surface area (Å²) in [5.74, 6) is 5.95. The monoisotopic (exact) mass is 417 g/mol. The molecule has 158 valence electrons. The number of aliphatic hydroxyl groups excluding tert-OH is 1. The van der Waals surface area contributed by atoms with E-state index in [0.717, 1.165) is 24.1 Å². The Morgan fingerprint density at radius 3 is 2.52 bits per heavy atom. The van der Waals surface area contributed by atoms with Gasteiger partial charge in [0.15, 0.2) is 0 Å². The molecule has 1 aliphatic carbocycles. The zero-order valence-electron chi connectivity index (χ0n) is 17.8. The maximum Gasteiger partial charge on any atom is 0.350 e. The number of amides is 1. The second-order valence-corrected chi connectivity index (χ2v) is 10.1. The average molecular weight is 418 g/mol. The number of methoxy groups -OCH3 is 1. The standard InChI is InChI=1S/C23H31NO4S/c1-23(2,3)13-12-16-14-18(20(29-16)22(27)28-4)24-17(10-11-19(25)21(24)26)15-8-6-5-7-9-15/h14-15,17,19,25H,5-11H2,1-4H3. The van der Waals surface area contributed by atoms with Crippen molar-refractivity contribution in [3.8, 4) is 11.8 Å². The van der Waals surface area contributed by atoms with Gasteiger partial charge in [-0.3, -0.25) is 4.79 Å². The third-order valence-corrected chi connectivity index (χ3v) is 6.71. The molecule has 1 saturated carbocycles. The molecule has 1 amide bonds. The van der Waals surface area contributed by atoms with Crippen molar-refractivity contribution < 1.29 is 19.4 Å². The van der Waals surface area contributed by atoms with E-state index in [1.807, 2.05) is 26.8 Å². The van der Waals surface area contributed by atoms with Gasteiger partial charge < -0.3 is 14.7 Å². The minimum Gasteiger partial charge on any atom is -0.465 e. The minimum atomic E-state index is -1.02. The quantitative estimate of drug-likeness (QED) is 0.586. The van der Waals surface area contributed by atoms with Gasteiger partial charge in [0.05, 0.1) is 17.7 Å². The van der Waals surface area contributed by atoms with Gasteiger partial charge in [0.25, 0.3) is 5.91 Å². The molecule has 5 nitrogen and oxygen atoms in total. The summed E-state index contributed by atoms with van der Waals surface area (Å²) >= 11 is 1.25. The van der Waals surface area contributed by atoms with Crippen LogP contribution in [0, 0.1) is 23.2 Å². The van der Waals surface area contributed by atoms with Crippen LogP contribution in [0.15, 0.2) is 6.07 Å². The summed E-state index contributed by atoms with van der Waals surface area (Å²) < 4.78 is 4.99. The number of thiophene rings is 1. The minimum absolute atomic E-state index is 0.00707. The van der Waals surface area contributed by atoms with Crippen molar-refractivity contribution in [2.75, 3.05) is 12.0 Å². The average Bonchev–Trinajstić information content (AvgIpc) is 3.12. The summed E-state index contributed by atoms with van der Waals surface area (Å²) in [6.45, 7) is 6.08. The Bertz CT molecular complexity index is 820. The molecule has 2 aliphatic rings. The largest absolute Gasteiger partial charge is 0.465 e. The van der Waals surface area contributed by atoms with Crippen molar-refractivity contribution in [1.29, 1.82) is 0 Å². The lowest BCUT2D eigenvalue weighted by atomic mass is 9.79. The summed E-state index contributed by atoms with van der Waals surface area (Å²) in [7, 11) is 1.35. The van der Waals surface area contributed by atoms with Gasteiger partial charge in [-0.2, -0.15) is 0 Å². The first-order chi connectivity index (χ1) is 13.7. The Hall–Kier alpha value is -1.84. The zero-order chi connectivity index (χ0) is 21.2. The Labute approximate surface area is 177 Å². The summed E-state index contributed by atoms with van der Waals surface area (Å²) in [4.78, 5) is 28.4. The van der Waals surface area contributed by atoms with Crippen LogP contribution in [0.1, 0.15) is 80.3 Å². The Morgan fingerprint density at radius 2 is 1.90 bits per heavy atom. The fraction of sp³-hybridized carbons (Fsp3) is 0.652. The molecule has 2 atom stereocenters. The predicted molar refractivity (Wildman–Crippen MR) is 115 cm³/mol. The maximum absolute atomic E-state index is 13.1. The summed E-state index contributed by atoms with van der Waals surface area (Å²) in [5.41, 5.74) is 0.372. The SMILES string of the molecule is COC(=O)c1sc(C#CC(C)(C)C)cc1N1C(=O)C(O)CCC1C1CCCCC1.